The maximum absolute atomic E-state index is 9.46. The van der Waals surface area contributed by atoms with Gasteiger partial charge >= 0.3 is 0 Å². The Labute approximate surface area is 103 Å². The van der Waals surface area contributed by atoms with Gasteiger partial charge in [0.1, 0.15) is 0 Å². The summed E-state index contributed by atoms with van der Waals surface area (Å²) >= 11 is 0. The summed E-state index contributed by atoms with van der Waals surface area (Å²) in [5.74, 6) is 0.667. The van der Waals surface area contributed by atoms with E-state index < -0.39 is 0 Å². The average Bonchev–Trinajstić information content (AvgIpc) is 2.35. The van der Waals surface area contributed by atoms with E-state index >= 15 is 0 Å². The Morgan fingerprint density at radius 2 is 2.18 bits per heavy atom. The number of hydrogen-bond acceptors (Lipinski definition) is 4. The molecule has 17 heavy (non-hydrogen) atoms. The fourth-order valence-corrected chi connectivity index (χ4v) is 1.48. The summed E-state index contributed by atoms with van der Waals surface area (Å²) in [6, 6.07) is 5.64. The Balaban J connectivity index is 2.46. The van der Waals surface area contributed by atoms with Crippen molar-refractivity contribution >= 4 is 0 Å². The molecule has 96 valence electrons. The number of rotatable bonds is 7. The summed E-state index contributed by atoms with van der Waals surface area (Å²) in [6.45, 7) is 6.22. The van der Waals surface area contributed by atoms with Gasteiger partial charge in [0.05, 0.1) is 13.7 Å². The van der Waals surface area contributed by atoms with E-state index in [1.165, 1.54) is 0 Å². The summed E-state index contributed by atoms with van der Waals surface area (Å²) in [5.41, 5.74) is 1.07. The molecule has 0 spiro atoms. The number of hydrogen-bond donors (Lipinski definition) is 2. The van der Waals surface area contributed by atoms with Crippen molar-refractivity contribution in [1.29, 1.82) is 0 Å². The molecule has 0 bridgehead atoms. The van der Waals surface area contributed by atoms with Crippen LogP contribution >= 0.6 is 0 Å². The van der Waals surface area contributed by atoms with Crippen molar-refractivity contribution in [3.63, 3.8) is 0 Å². The van der Waals surface area contributed by atoms with Gasteiger partial charge in [-0.2, -0.15) is 0 Å². The molecule has 0 radical (unpaired) electrons. The van der Waals surface area contributed by atoms with Crippen molar-refractivity contribution in [2.75, 3.05) is 20.3 Å². The Morgan fingerprint density at radius 3 is 2.82 bits per heavy atom. The zero-order valence-electron chi connectivity index (χ0n) is 10.7. The Kier molecular flexibility index (Phi) is 5.80. The largest absolute Gasteiger partial charge is 0.504 e. The summed E-state index contributed by atoms with van der Waals surface area (Å²) in [5, 5.41) is 12.8. The number of phenolic OH excluding ortho intramolecular Hbond substituents is 1. The molecule has 0 aliphatic heterocycles. The van der Waals surface area contributed by atoms with Crippen molar-refractivity contribution in [1.82, 2.24) is 5.32 Å². The van der Waals surface area contributed by atoms with E-state index in [9.17, 15) is 5.11 Å². The minimum absolute atomic E-state index is 0.165. The van der Waals surface area contributed by atoms with Crippen LogP contribution in [0.3, 0.4) is 0 Å². The van der Waals surface area contributed by atoms with Gasteiger partial charge in [0.2, 0.25) is 0 Å². The lowest BCUT2D eigenvalue weighted by Gasteiger charge is -2.14. The molecule has 1 aromatic carbocycles. The molecule has 0 aliphatic carbocycles. The van der Waals surface area contributed by atoms with Gasteiger partial charge in [-0.3, -0.25) is 0 Å². The predicted octanol–water partition coefficient (Wildman–Crippen LogP) is 1.92. The topological polar surface area (TPSA) is 50.7 Å². The molecule has 1 atom stereocenters. The number of methoxy groups -OCH3 is 1. The third-order valence-corrected chi connectivity index (χ3v) is 2.47. The van der Waals surface area contributed by atoms with E-state index in [0.717, 1.165) is 18.7 Å². The van der Waals surface area contributed by atoms with Crippen molar-refractivity contribution in [2.24, 2.45) is 0 Å². The third kappa shape index (κ3) is 4.63. The molecule has 0 aliphatic rings. The third-order valence-electron chi connectivity index (χ3n) is 2.47. The summed E-state index contributed by atoms with van der Waals surface area (Å²) in [6.07, 6.45) is 0. The number of phenols is 1. The van der Waals surface area contributed by atoms with Gasteiger partial charge in [-0.25, -0.2) is 0 Å². The van der Waals surface area contributed by atoms with Crippen LogP contribution in [0.15, 0.2) is 18.2 Å². The van der Waals surface area contributed by atoms with E-state index in [4.69, 9.17) is 9.47 Å². The maximum Gasteiger partial charge on any atom is 0.160 e. The monoisotopic (exact) mass is 239 g/mol. The lowest BCUT2D eigenvalue weighted by molar-refractivity contribution is 0.127. The van der Waals surface area contributed by atoms with E-state index in [1.807, 2.05) is 19.1 Å². The van der Waals surface area contributed by atoms with E-state index in [-0.39, 0.29) is 5.75 Å². The lowest BCUT2D eigenvalue weighted by Crippen LogP contribution is -2.30. The first-order valence-electron chi connectivity index (χ1n) is 5.84. The fourth-order valence-electron chi connectivity index (χ4n) is 1.48. The first-order chi connectivity index (χ1) is 8.17. The molecule has 0 amide bonds. The van der Waals surface area contributed by atoms with E-state index in [1.54, 1.807) is 13.2 Å². The molecule has 0 saturated heterocycles. The Bertz CT molecular complexity index is 341. The van der Waals surface area contributed by atoms with Crippen LogP contribution in [0, 0.1) is 0 Å². The van der Waals surface area contributed by atoms with Gasteiger partial charge in [0.25, 0.3) is 0 Å². The van der Waals surface area contributed by atoms with Crippen LogP contribution in [0.2, 0.25) is 0 Å². The van der Waals surface area contributed by atoms with Gasteiger partial charge in [0, 0.05) is 19.2 Å². The van der Waals surface area contributed by atoms with Crippen LogP contribution in [0.25, 0.3) is 0 Å². The van der Waals surface area contributed by atoms with Gasteiger partial charge in [-0.05, 0) is 31.5 Å². The van der Waals surface area contributed by atoms with Crippen LogP contribution in [-0.4, -0.2) is 31.5 Å². The van der Waals surface area contributed by atoms with Gasteiger partial charge in [0.15, 0.2) is 11.5 Å². The molecule has 2 N–H and O–H groups in total. The van der Waals surface area contributed by atoms with Crippen LogP contribution in [0.1, 0.15) is 19.4 Å². The summed E-state index contributed by atoms with van der Waals surface area (Å²) < 4.78 is 10.4. The molecule has 4 heteroatoms. The molecule has 4 nitrogen and oxygen atoms in total. The molecule has 1 rings (SSSR count). The number of aromatic hydroxyl groups is 1. The lowest BCUT2D eigenvalue weighted by atomic mass is 10.2. The molecular formula is C13H21NO3. The quantitative estimate of drug-likeness (QED) is 0.763. The van der Waals surface area contributed by atoms with Crippen molar-refractivity contribution in [3.05, 3.63) is 23.8 Å². The first kappa shape index (κ1) is 13.8. The second-order valence-electron chi connectivity index (χ2n) is 3.95. The predicted molar refractivity (Wildman–Crippen MR) is 67.5 cm³/mol. The molecule has 0 saturated carbocycles. The molecule has 0 fully saturated rings. The average molecular weight is 239 g/mol. The van der Waals surface area contributed by atoms with Crippen LogP contribution in [-0.2, 0) is 11.3 Å². The highest BCUT2D eigenvalue weighted by molar-refractivity contribution is 5.41. The Morgan fingerprint density at radius 1 is 1.41 bits per heavy atom. The summed E-state index contributed by atoms with van der Waals surface area (Å²) in [4.78, 5) is 0. The highest BCUT2D eigenvalue weighted by atomic mass is 16.5. The second-order valence-corrected chi connectivity index (χ2v) is 3.95. The SMILES string of the molecule is CCOCC(C)NCc1ccc(O)c(OC)c1. The molecule has 1 unspecified atom stereocenters. The smallest absolute Gasteiger partial charge is 0.160 e. The molecule has 1 aromatic rings. The molecule has 0 aromatic heterocycles. The molecular weight excluding hydrogens is 218 g/mol. The fraction of sp³-hybridized carbons (Fsp3) is 0.538. The van der Waals surface area contributed by atoms with Crippen LogP contribution in [0.4, 0.5) is 0 Å². The van der Waals surface area contributed by atoms with Gasteiger partial charge < -0.3 is 19.9 Å². The highest BCUT2D eigenvalue weighted by Crippen LogP contribution is 2.26. The van der Waals surface area contributed by atoms with Gasteiger partial charge in [-0.1, -0.05) is 6.07 Å². The minimum Gasteiger partial charge on any atom is -0.504 e. The van der Waals surface area contributed by atoms with E-state index in [0.29, 0.717) is 18.4 Å². The number of ether oxygens (including phenoxy) is 2. The van der Waals surface area contributed by atoms with Crippen molar-refractivity contribution in [3.8, 4) is 11.5 Å². The zero-order chi connectivity index (χ0) is 12.7. The second kappa shape index (κ2) is 7.14. The van der Waals surface area contributed by atoms with Crippen molar-refractivity contribution in [2.45, 2.75) is 26.4 Å². The highest BCUT2D eigenvalue weighted by Gasteiger charge is 2.04. The number of benzene rings is 1. The maximum atomic E-state index is 9.46. The van der Waals surface area contributed by atoms with Gasteiger partial charge in [-0.15, -0.1) is 0 Å². The zero-order valence-corrected chi connectivity index (χ0v) is 10.7. The van der Waals surface area contributed by atoms with Crippen molar-refractivity contribution < 1.29 is 14.6 Å². The normalized spacial score (nSPS) is 12.4. The van der Waals surface area contributed by atoms with Crippen LogP contribution < -0.4 is 10.1 Å². The standard InChI is InChI=1S/C13H21NO3/c1-4-17-9-10(2)14-8-11-5-6-12(15)13(7-11)16-3/h5-7,10,14-15H,4,8-9H2,1-3H3. The number of nitrogens with one attached hydrogen (secondary N) is 1. The Hall–Kier alpha value is -1.26. The first-order valence-corrected chi connectivity index (χ1v) is 5.84. The minimum atomic E-state index is 0.165. The summed E-state index contributed by atoms with van der Waals surface area (Å²) in [7, 11) is 1.55. The molecule has 0 heterocycles. The van der Waals surface area contributed by atoms with E-state index in [2.05, 4.69) is 12.2 Å². The van der Waals surface area contributed by atoms with Crippen LogP contribution in [0.5, 0.6) is 11.5 Å².